The molecule has 0 spiro atoms. The fourth-order valence-corrected chi connectivity index (χ4v) is 1.73. The third-order valence-electron chi connectivity index (χ3n) is 2.93. The van der Waals surface area contributed by atoms with Crippen LogP contribution in [-0.2, 0) is 0 Å². The second-order valence-corrected chi connectivity index (χ2v) is 4.46. The van der Waals surface area contributed by atoms with Crippen LogP contribution >= 0.6 is 0 Å². The van der Waals surface area contributed by atoms with Crippen LogP contribution in [0.3, 0.4) is 0 Å². The van der Waals surface area contributed by atoms with Crippen molar-refractivity contribution in [3.63, 3.8) is 0 Å². The van der Waals surface area contributed by atoms with Gasteiger partial charge < -0.3 is 0 Å². The van der Waals surface area contributed by atoms with Crippen LogP contribution in [0.1, 0.15) is 40.5 Å². The summed E-state index contributed by atoms with van der Waals surface area (Å²) in [4.78, 5) is 15.7. The molecule has 1 amide bonds. The van der Waals surface area contributed by atoms with E-state index in [0.29, 0.717) is 11.6 Å². The molecule has 6 heteroatoms. The van der Waals surface area contributed by atoms with Gasteiger partial charge in [0.15, 0.2) is 5.69 Å². The van der Waals surface area contributed by atoms with E-state index in [-0.39, 0.29) is 5.91 Å². The number of hydrogen-bond acceptors (Lipinski definition) is 4. The summed E-state index contributed by atoms with van der Waals surface area (Å²) in [6.45, 7) is 0. The summed E-state index contributed by atoms with van der Waals surface area (Å²) in [7, 11) is 0. The van der Waals surface area contributed by atoms with Crippen molar-refractivity contribution in [1.82, 2.24) is 20.6 Å². The minimum Gasteiger partial charge on any atom is -0.281 e. The highest BCUT2D eigenvalue weighted by Gasteiger charge is 2.26. The number of rotatable bonds is 4. The van der Waals surface area contributed by atoms with Crippen LogP contribution in [0.25, 0.3) is 0 Å². The van der Waals surface area contributed by atoms with Gasteiger partial charge in [-0.05, 0) is 36.6 Å². The van der Waals surface area contributed by atoms with Gasteiger partial charge in [0, 0.05) is 24.0 Å². The molecule has 96 valence electrons. The summed E-state index contributed by atoms with van der Waals surface area (Å²) < 4.78 is 0. The molecule has 0 bridgehead atoms. The molecular weight excluding hydrogens is 242 g/mol. The lowest BCUT2D eigenvalue weighted by Crippen LogP contribution is -2.18. The number of H-pyrrole nitrogens is 1. The first-order valence-electron chi connectivity index (χ1n) is 6.11. The number of pyridine rings is 1. The van der Waals surface area contributed by atoms with Crippen LogP contribution in [0.15, 0.2) is 35.7 Å². The quantitative estimate of drug-likeness (QED) is 0.640. The van der Waals surface area contributed by atoms with Gasteiger partial charge >= 0.3 is 0 Å². The molecule has 0 saturated heterocycles. The molecule has 2 aromatic rings. The van der Waals surface area contributed by atoms with Gasteiger partial charge in [0.05, 0.1) is 6.21 Å². The van der Waals surface area contributed by atoms with Crippen LogP contribution in [0, 0.1) is 0 Å². The van der Waals surface area contributed by atoms with Crippen molar-refractivity contribution in [3.05, 3.63) is 47.5 Å². The summed E-state index contributed by atoms with van der Waals surface area (Å²) in [6.07, 6.45) is 7.23. The average molecular weight is 255 g/mol. The van der Waals surface area contributed by atoms with Crippen LogP contribution in [0.4, 0.5) is 0 Å². The van der Waals surface area contributed by atoms with Crippen molar-refractivity contribution in [2.45, 2.75) is 18.8 Å². The molecular formula is C13H13N5O. The smallest absolute Gasteiger partial charge is 0.281 e. The van der Waals surface area contributed by atoms with Gasteiger partial charge in [0.1, 0.15) is 0 Å². The molecule has 0 radical (unpaired) electrons. The van der Waals surface area contributed by atoms with E-state index < -0.39 is 0 Å². The number of nitrogens with zero attached hydrogens (tertiary/aromatic N) is 3. The number of carbonyl (C=O) groups excluding carboxylic acids is 1. The Balaban J connectivity index is 1.59. The molecule has 1 fully saturated rings. The Labute approximate surface area is 110 Å². The third kappa shape index (κ3) is 2.85. The molecule has 19 heavy (non-hydrogen) atoms. The van der Waals surface area contributed by atoms with Gasteiger partial charge in [0.2, 0.25) is 0 Å². The molecule has 2 aromatic heterocycles. The Bertz CT molecular complexity index is 601. The van der Waals surface area contributed by atoms with Crippen LogP contribution in [0.2, 0.25) is 0 Å². The zero-order valence-corrected chi connectivity index (χ0v) is 10.2. The Kier molecular flexibility index (Phi) is 3.06. The average Bonchev–Trinajstić information content (AvgIpc) is 3.17. The minimum atomic E-state index is -0.312. The zero-order valence-electron chi connectivity index (χ0n) is 10.2. The highest BCUT2D eigenvalue weighted by molar-refractivity contribution is 5.93. The van der Waals surface area contributed by atoms with E-state index in [1.807, 2.05) is 0 Å². The third-order valence-corrected chi connectivity index (χ3v) is 2.93. The predicted molar refractivity (Wildman–Crippen MR) is 69.9 cm³/mol. The first-order valence-corrected chi connectivity index (χ1v) is 6.11. The summed E-state index contributed by atoms with van der Waals surface area (Å²) in [5.41, 5.74) is 4.72. The molecule has 0 unspecified atom stereocenters. The largest absolute Gasteiger partial charge is 0.291 e. The van der Waals surface area contributed by atoms with E-state index in [1.165, 1.54) is 12.8 Å². The van der Waals surface area contributed by atoms with Gasteiger partial charge in [-0.25, -0.2) is 5.43 Å². The van der Waals surface area contributed by atoms with Gasteiger partial charge in [-0.1, -0.05) is 0 Å². The zero-order chi connectivity index (χ0) is 13.1. The van der Waals surface area contributed by atoms with Crippen molar-refractivity contribution in [2.24, 2.45) is 5.10 Å². The number of aromatic nitrogens is 3. The Morgan fingerprint density at radius 1 is 1.42 bits per heavy atom. The molecule has 6 nitrogen and oxygen atoms in total. The van der Waals surface area contributed by atoms with Gasteiger partial charge in [-0.3, -0.25) is 14.9 Å². The number of carbonyl (C=O) groups is 1. The molecule has 2 heterocycles. The predicted octanol–water partition coefficient (Wildman–Crippen LogP) is 1.45. The summed E-state index contributed by atoms with van der Waals surface area (Å²) in [5.74, 6) is 0.239. The first kappa shape index (κ1) is 11.6. The van der Waals surface area contributed by atoms with Crippen molar-refractivity contribution >= 4 is 12.1 Å². The normalized spacial score (nSPS) is 14.7. The number of aromatic amines is 1. The van der Waals surface area contributed by atoms with E-state index in [9.17, 15) is 4.79 Å². The van der Waals surface area contributed by atoms with E-state index >= 15 is 0 Å². The lowest BCUT2D eigenvalue weighted by Gasteiger charge is -1.94. The van der Waals surface area contributed by atoms with E-state index in [4.69, 9.17) is 0 Å². The van der Waals surface area contributed by atoms with Crippen molar-refractivity contribution < 1.29 is 4.79 Å². The standard InChI is InChI=1S/C13H13N5O/c19-13(12-7-11(16-17-12)10-1-2-10)18-15-8-9-3-5-14-6-4-9/h3-8,10H,1-2H2,(H,16,17)(H,18,19)/b15-8+. The minimum absolute atomic E-state index is 0.312. The fraction of sp³-hybridized carbons (Fsp3) is 0.231. The lowest BCUT2D eigenvalue weighted by molar-refractivity contribution is 0.0950. The maximum Gasteiger partial charge on any atom is 0.291 e. The molecule has 0 atom stereocenters. The number of hydrogen-bond donors (Lipinski definition) is 2. The Morgan fingerprint density at radius 2 is 2.21 bits per heavy atom. The van der Waals surface area contributed by atoms with E-state index in [2.05, 4.69) is 25.7 Å². The Hall–Kier alpha value is -2.50. The van der Waals surface area contributed by atoms with Crippen LogP contribution in [0.5, 0.6) is 0 Å². The van der Waals surface area contributed by atoms with E-state index in [1.54, 1.807) is 36.8 Å². The highest BCUT2D eigenvalue weighted by atomic mass is 16.2. The molecule has 2 N–H and O–H groups in total. The van der Waals surface area contributed by atoms with Crippen molar-refractivity contribution in [3.8, 4) is 0 Å². The van der Waals surface area contributed by atoms with Gasteiger partial charge in [0.25, 0.3) is 5.91 Å². The van der Waals surface area contributed by atoms with E-state index in [0.717, 1.165) is 11.3 Å². The Morgan fingerprint density at radius 3 is 2.95 bits per heavy atom. The summed E-state index contributed by atoms with van der Waals surface area (Å²) >= 11 is 0. The number of nitrogens with one attached hydrogen (secondary N) is 2. The van der Waals surface area contributed by atoms with Crippen LogP contribution < -0.4 is 5.43 Å². The van der Waals surface area contributed by atoms with Gasteiger partial charge in [-0.15, -0.1) is 0 Å². The number of hydrazone groups is 1. The monoisotopic (exact) mass is 255 g/mol. The lowest BCUT2D eigenvalue weighted by atomic mass is 10.2. The first-order chi connectivity index (χ1) is 9.33. The molecule has 0 aliphatic heterocycles. The van der Waals surface area contributed by atoms with Gasteiger partial charge in [-0.2, -0.15) is 10.2 Å². The SMILES string of the molecule is O=C(N/N=C/c1ccncc1)c1cc(C2CC2)[nH]n1. The summed E-state index contributed by atoms with van der Waals surface area (Å²) in [6, 6.07) is 5.39. The molecule has 1 aliphatic carbocycles. The maximum absolute atomic E-state index is 11.8. The van der Waals surface area contributed by atoms with Crippen LogP contribution in [-0.4, -0.2) is 27.3 Å². The number of amides is 1. The second kappa shape index (κ2) is 5.01. The van der Waals surface area contributed by atoms with Crippen molar-refractivity contribution in [2.75, 3.05) is 0 Å². The molecule has 1 saturated carbocycles. The summed E-state index contributed by atoms with van der Waals surface area (Å²) in [5, 5.41) is 10.7. The highest BCUT2D eigenvalue weighted by Crippen LogP contribution is 2.38. The topological polar surface area (TPSA) is 83.0 Å². The molecule has 3 rings (SSSR count). The fourth-order valence-electron chi connectivity index (χ4n) is 1.73. The van der Waals surface area contributed by atoms with Crippen molar-refractivity contribution in [1.29, 1.82) is 0 Å². The second-order valence-electron chi connectivity index (χ2n) is 4.46. The maximum atomic E-state index is 11.8. The molecule has 1 aliphatic rings. The molecule has 0 aromatic carbocycles.